The Morgan fingerprint density at radius 2 is 1.65 bits per heavy atom. The van der Waals surface area contributed by atoms with E-state index in [1.807, 2.05) is 50.2 Å². The molecule has 184 valence electrons. The Morgan fingerprint density at radius 1 is 0.946 bits per heavy atom. The first-order chi connectivity index (χ1) is 17.7. The molecule has 0 atom stereocenters. The third-order valence-corrected chi connectivity index (χ3v) is 6.48. The van der Waals surface area contributed by atoms with Crippen molar-refractivity contribution < 1.29 is 13.2 Å². The Balaban J connectivity index is 1.66. The molecule has 0 aliphatic carbocycles. The van der Waals surface area contributed by atoms with Gasteiger partial charge in [0.05, 0.1) is 35.2 Å². The maximum absolute atomic E-state index is 13.9. The number of fused-ring (bicyclic) bond motifs is 1. The highest BCUT2D eigenvalue weighted by molar-refractivity contribution is 5.82. The van der Waals surface area contributed by atoms with Crippen LogP contribution in [0.2, 0.25) is 0 Å². The Hall–Kier alpha value is -4.64. The number of hydrogen-bond donors (Lipinski definition) is 1. The van der Waals surface area contributed by atoms with Crippen molar-refractivity contribution in [2.75, 3.05) is 0 Å². The van der Waals surface area contributed by atoms with E-state index >= 15 is 0 Å². The van der Waals surface area contributed by atoms with Gasteiger partial charge in [-0.25, -0.2) is 4.98 Å². The van der Waals surface area contributed by atoms with Gasteiger partial charge >= 0.3 is 6.18 Å². The Morgan fingerprint density at radius 3 is 2.32 bits per heavy atom. The molecular weight excluding hydrogens is 477 g/mol. The number of benzene rings is 3. The molecule has 0 amide bonds. The van der Waals surface area contributed by atoms with E-state index < -0.39 is 22.9 Å². The molecule has 2 heterocycles. The van der Waals surface area contributed by atoms with Crippen molar-refractivity contribution in [3.05, 3.63) is 111 Å². The van der Waals surface area contributed by atoms with Crippen LogP contribution in [0.5, 0.6) is 0 Å². The fourth-order valence-electron chi connectivity index (χ4n) is 4.52. The van der Waals surface area contributed by atoms with Crippen LogP contribution in [0, 0.1) is 25.2 Å². The summed E-state index contributed by atoms with van der Waals surface area (Å²) in [5.41, 5.74) is 3.58. The van der Waals surface area contributed by atoms with E-state index in [2.05, 4.69) is 9.97 Å². The van der Waals surface area contributed by atoms with Crippen LogP contribution < -0.4 is 5.56 Å². The fraction of sp³-hybridized carbons (Fsp3) is 0.138. The van der Waals surface area contributed by atoms with Gasteiger partial charge in [0.15, 0.2) is 0 Å². The first kappa shape index (κ1) is 24.1. The van der Waals surface area contributed by atoms with E-state index in [0.717, 1.165) is 44.9 Å². The van der Waals surface area contributed by atoms with Crippen molar-refractivity contribution in [2.24, 2.45) is 0 Å². The lowest BCUT2D eigenvalue weighted by atomic mass is 9.99. The molecule has 0 bridgehead atoms. The summed E-state index contributed by atoms with van der Waals surface area (Å²) in [6.45, 7) is 3.85. The maximum Gasteiger partial charge on any atom is 0.417 e. The van der Waals surface area contributed by atoms with Crippen molar-refractivity contribution in [1.29, 1.82) is 5.26 Å². The lowest BCUT2D eigenvalue weighted by Crippen LogP contribution is -2.29. The first-order valence-electron chi connectivity index (χ1n) is 11.5. The second-order valence-electron chi connectivity index (χ2n) is 8.96. The van der Waals surface area contributed by atoms with Gasteiger partial charge in [0.1, 0.15) is 11.6 Å². The van der Waals surface area contributed by atoms with E-state index in [4.69, 9.17) is 0 Å². The zero-order valence-electron chi connectivity index (χ0n) is 20.0. The number of aromatic nitrogens is 3. The highest BCUT2D eigenvalue weighted by atomic mass is 19.4. The molecule has 5 rings (SSSR count). The molecule has 0 aliphatic rings. The van der Waals surface area contributed by atoms with Crippen molar-refractivity contribution in [3.8, 4) is 28.5 Å². The summed E-state index contributed by atoms with van der Waals surface area (Å²) in [4.78, 5) is 20.5. The number of pyridine rings is 1. The van der Waals surface area contributed by atoms with Gasteiger partial charge in [-0.1, -0.05) is 54.1 Å². The van der Waals surface area contributed by atoms with E-state index in [9.17, 15) is 23.2 Å². The standard InChI is InChI=1S/C29H21F3N4O/c1-17-3-4-22(18(2)11-17)15-36-27(13-24(29(30,31)32)23(14-33)28(36)37)20-7-5-19(6-8-20)21-9-10-25-26(12-21)35-16-34-25/h3-13,16H,15H2,1-2H3,(H,34,35). The van der Waals surface area contributed by atoms with Gasteiger partial charge in [-0.15, -0.1) is 0 Å². The third kappa shape index (κ3) is 4.52. The molecule has 5 nitrogen and oxygen atoms in total. The number of nitriles is 1. The maximum atomic E-state index is 13.9. The van der Waals surface area contributed by atoms with Gasteiger partial charge in [-0.2, -0.15) is 18.4 Å². The molecular formula is C29H21F3N4O. The minimum Gasteiger partial charge on any atom is -0.345 e. The summed E-state index contributed by atoms with van der Waals surface area (Å²) >= 11 is 0. The normalized spacial score (nSPS) is 11.6. The number of nitrogens with zero attached hydrogens (tertiary/aromatic N) is 3. The third-order valence-electron chi connectivity index (χ3n) is 6.48. The summed E-state index contributed by atoms with van der Waals surface area (Å²) < 4.78 is 42.8. The van der Waals surface area contributed by atoms with Crippen LogP contribution in [-0.4, -0.2) is 14.5 Å². The molecule has 37 heavy (non-hydrogen) atoms. The lowest BCUT2D eigenvalue weighted by molar-refractivity contribution is -0.137. The largest absolute Gasteiger partial charge is 0.417 e. The van der Waals surface area contributed by atoms with Crippen LogP contribution in [0.3, 0.4) is 0 Å². The van der Waals surface area contributed by atoms with E-state index in [1.54, 1.807) is 30.6 Å². The lowest BCUT2D eigenvalue weighted by Gasteiger charge is -2.19. The number of rotatable bonds is 4. The molecule has 2 aromatic heterocycles. The van der Waals surface area contributed by atoms with Crippen LogP contribution >= 0.6 is 0 Å². The number of hydrogen-bond acceptors (Lipinski definition) is 3. The van der Waals surface area contributed by atoms with Crippen LogP contribution in [-0.2, 0) is 12.7 Å². The number of aryl methyl sites for hydroxylation is 2. The predicted molar refractivity (Wildman–Crippen MR) is 136 cm³/mol. The van der Waals surface area contributed by atoms with Gasteiger partial charge in [0, 0.05) is 0 Å². The molecule has 3 aromatic carbocycles. The topological polar surface area (TPSA) is 74.5 Å². The summed E-state index contributed by atoms with van der Waals surface area (Å²) in [5, 5.41) is 9.46. The summed E-state index contributed by atoms with van der Waals surface area (Å²) in [6.07, 6.45) is -3.24. The van der Waals surface area contributed by atoms with Crippen molar-refractivity contribution >= 4 is 11.0 Å². The monoisotopic (exact) mass is 498 g/mol. The minimum atomic E-state index is -4.85. The zero-order chi connectivity index (χ0) is 26.3. The molecule has 8 heteroatoms. The van der Waals surface area contributed by atoms with Crippen molar-refractivity contribution in [3.63, 3.8) is 0 Å². The molecule has 0 spiro atoms. The minimum absolute atomic E-state index is 0.0331. The molecule has 0 aliphatic heterocycles. The van der Waals surface area contributed by atoms with Crippen LogP contribution in [0.1, 0.15) is 27.8 Å². The van der Waals surface area contributed by atoms with E-state index in [1.165, 1.54) is 10.6 Å². The average molecular weight is 499 g/mol. The summed E-state index contributed by atoms with van der Waals surface area (Å²) in [5.74, 6) is 0. The van der Waals surface area contributed by atoms with Gasteiger partial charge in [0.25, 0.3) is 5.56 Å². The number of H-pyrrole nitrogens is 1. The number of aromatic amines is 1. The first-order valence-corrected chi connectivity index (χ1v) is 11.5. The predicted octanol–water partition coefficient (Wildman–Crippen LogP) is 6.61. The van der Waals surface area contributed by atoms with Gasteiger partial charge in [-0.05, 0) is 59.9 Å². The van der Waals surface area contributed by atoms with E-state index in [-0.39, 0.29) is 12.2 Å². The van der Waals surface area contributed by atoms with Gasteiger partial charge < -0.3 is 9.55 Å². The van der Waals surface area contributed by atoms with Crippen molar-refractivity contribution in [1.82, 2.24) is 14.5 Å². The molecule has 0 fully saturated rings. The molecule has 5 aromatic rings. The van der Waals surface area contributed by atoms with Crippen LogP contribution in [0.15, 0.2) is 77.9 Å². The van der Waals surface area contributed by atoms with Gasteiger partial charge in [0.2, 0.25) is 0 Å². The van der Waals surface area contributed by atoms with Gasteiger partial charge in [-0.3, -0.25) is 4.79 Å². The molecule has 0 unspecified atom stereocenters. The highest BCUT2D eigenvalue weighted by Crippen LogP contribution is 2.34. The van der Waals surface area contributed by atoms with Crippen molar-refractivity contribution in [2.45, 2.75) is 26.6 Å². The zero-order valence-corrected chi connectivity index (χ0v) is 20.0. The smallest absolute Gasteiger partial charge is 0.345 e. The molecule has 0 saturated heterocycles. The van der Waals surface area contributed by atoms with Crippen LogP contribution in [0.4, 0.5) is 13.2 Å². The Kier molecular flexibility index (Phi) is 5.92. The molecule has 0 saturated carbocycles. The average Bonchev–Trinajstić information content (AvgIpc) is 3.34. The Labute approximate surface area is 210 Å². The second-order valence-corrected chi connectivity index (χ2v) is 8.96. The number of halogens is 3. The molecule has 1 N–H and O–H groups in total. The SMILES string of the molecule is Cc1ccc(Cn2c(-c3ccc(-c4ccc5nc[nH]c5c4)cc3)cc(C(F)(F)F)c(C#N)c2=O)c(C)c1. The number of alkyl halides is 3. The number of nitrogens with one attached hydrogen (secondary N) is 1. The summed E-state index contributed by atoms with van der Waals surface area (Å²) in [6, 6.07) is 20.8. The van der Waals surface area contributed by atoms with Crippen LogP contribution in [0.25, 0.3) is 33.4 Å². The number of imidazole rings is 1. The second kappa shape index (κ2) is 9.10. The highest BCUT2D eigenvalue weighted by Gasteiger charge is 2.36. The fourth-order valence-corrected chi connectivity index (χ4v) is 4.52. The van der Waals surface area contributed by atoms with E-state index in [0.29, 0.717) is 5.56 Å². The Bertz CT molecular complexity index is 1740. The molecule has 0 radical (unpaired) electrons. The quantitative estimate of drug-likeness (QED) is 0.303. The summed E-state index contributed by atoms with van der Waals surface area (Å²) in [7, 11) is 0.